The van der Waals surface area contributed by atoms with Gasteiger partial charge in [0, 0.05) is 34.9 Å². The lowest BCUT2D eigenvalue weighted by Crippen LogP contribution is -2.13. The van der Waals surface area contributed by atoms with E-state index >= 15 is 0 Å². The summed E-state index contributed by atoms with van der Waals surface area (Å²) in [6.45, 7) is 7.92. The number of aryl methyl sites for hydroxylation is 3. The van der Waals surface area contributed by atoms with E-state index in [0.29, 0.717) is 35.4 Å². The van der Waals surface area contributed by atoms with Crippen molar-refractivity contribution in [3.8, 4) is 16.9 Å². The van der Waals surface area contributed by atoms with Gasteiger partial charge in [0.1, 0.15) is 41.2 Å². The quantitative estimate of drug-likeness (QED) is 0.250. The maximum Gasteiger partial charge on any atom is 0.154 e. The van der Waals surface area contributed by atoms with Crippen LogP contribution >= 0.6 is 0 Å². The van der Waals surface area contributed by atoms with E-state index in [4.69, 9.17) is 19.3 Å². The van der Waals surface area contributed by atoms with Crippen molar-refractivity contribution in [3.05, 3.63) is 41.2 Å². The zero-order valence-corrected chi connectivity index (χ0v) is 22.3. The summed E-state index contributed by atoms with van der Waals surface area (Å²) in [5.41, 5.74) is 5.22. The predicted molar refractivity (Wildman–Crippen MR) is 145 cm³/mol. The van der Waals surface area contributed by atoms with Gasteiger partial charge in [0.15, 0.2) is 5.78 Å². The molecule has 0 saturated heterocycles. The Morgan fingerprint density at radius 2 is 2.03 bits per heavy atom. The summed E-state index contributed by atoms with van der Waals surface area (Å²) in [5, 5.41) is 14.1. The van der Waals surface area contributed by atoms with Gasteiger partial charge in [0.05, 0.1) is 29.4 Å². The Bertz CT molecular complexity index is 1670. The Hall–Kier alpha value is -4.21. The van der Waals surface area contributed by atoms with Gasteiger partial charge < -0.3 is 19.6 Å². The summed E-state index contributed by atoms with van der Waals surface area (Å²) in [6, 6.07) is 6.09. The van der Waals surface area contributed by atoms with E-state index in [1.165, 1.54) is 0 Å². The first-order chi connectivity index (χ1) is 18.4. The highest BCUT2D eigenvalue weighted by Crippen LogP contribution is 2.42. The van der Waals surface area contributed by atoms with Crippen LogP contribution in [-0.2, 0) is 11.3 Å². The van der Waals surface area contributed by atoms with E-state index in [0.717, 1.165) is 69.6 Å². The van der Waals surface area contributed by atoms with Crippen LogP contribution in [0, 0.1) is 20.8 Å². The van der Waals surface area contributed by atoms with Gasteiger partial charge in [-0.2, -0.15) is 5.10 Å². The van der Waals surface area contributed by atoms with Crippen LogP contribution < -0.4 is 10.1 Å². The number of fused-ring (bicyclic) bond motifs is 3. The molecule has 196 valence electrons. The number of nitrogens with zero attached hydrogens (tertiary/aromatic N) is 5. The molecule has 10 nitrogen and oxygen atoms in total. The maximum absolute atomic E-state index is 12.5. The number of ketones is 1. The van der Waals surface area contributed by atoms with Crippen LogP contribution in [0.3, 0.4) is 0 Å². The van der Waals surface area contributed by atoms with Gasteiger partial charge in [0.2, 0.25) is 0 Å². The first-order valence-corrected chi connectivity index (χ1v) is 13.0. The molecule has 0 amide bonds. The summed E-state index contributed by atoms with van der Waals surface area (Å²) in [6.07, 6.45) is 3.61. The molecule has 0 atom stereocenters. The predicted octanol–water partition coefficient (Wildman–Crippen LogP) is 5.89. The van der Waals surface area contributed by atoms with Gasteiger partial charge in [-0.05, 0) is 52.2 Å². The number of ether oxygens (including phenoxy) is 1. The number of hydrogen-bond donors (Lipinski definition) is 2. The second-order valence-corrected chi connectivity index (χ2v) is 10.1. The number of hydrogen-bond acceptors (Lipinski definition) is 8. The van der Waals surface area contributed by atoms with Gasteiger partial charge in [-0.1, -0.05) is 12.1 Å². The van der Waals surface area contributed by atoms with E-state index in [2.05, 4.69) is 20.4 Å². The molecule has 6 rings (SSSR count). The largest absolute Gasteiger partial charge is 0.496 e. The standard InChI is InChI=1S/C28H31N7O3/c1-6-7-18(36)13-35-24(12-21(33-35)17-8-9-17)32-28-26-19-11-23(37-5)20(25-14(2)34-38-15(25)3)10-22(19)31-27(26)29-16(4)30-28/h10-12,17H,6-9,13H2,1-5H3,(H2,29,30,31,32). The normalized spacial score (nSPS) is 13.5. The molecule has 1 aromatic carbocycles. The lowest BCUT2D eigenvalue weighted by molar-refractivity contribution is -0.119. The number of aromatic nitrogens is 6. The lowest BCUT2D eigenvalue weighted by Gasteiger charge is -2.11. The third kappa shape index (κ3) is 4.19. The highest BCUT2D eigenvalue weighted by Gasteiger charge is 2.28. The third-order valence-corrected chi connectivity index (χ3v) is 7.08. The topological polar surface area (TPSA) is 124 Å². The Morgan fingerprint density at radius 1 is 1.21 bits per heavy atom. The van der Waals surface area contributed by atoms with Crippen molar-refractivity contribution in [1.29, 1.82) is 0 Å². The zero-order chi connectivity index (χ0) is 26.6. The monoisotopic (exact) mass is 513 g/mol. The second-order valence-electron chi connectivity index (χ2n) is 10.1. The van der Waals surface area contributed by atoms with Gasteiger partial charge in [-0.25, -0.2) is 14.6 Å². The molecular formula is C28H31N7O3. The van der Waals surface area contributed by atoms with Gasteiger partial charge >= 0.3 is 0 Å². The van der Waals surface area contributed by atoms with Crippen LogP contribution in [-0.4, -0.2) is 42.8 Å². The smallest absolute Gasteiger partial charge is 0.154 e. The molecule has 0 spiro atoms. The Balaban J connectivity index is 1.49. The molecule has 1 aliphatic carbocycles. The minimum absolute atomic E-state index is 0.161. The number of Topliss-reactive ketones (excluding diaryl/α,β-unsaturated/α-hetero) is 1. The van der Waals surface area contributed by atoms with Crippen molar-refractivity contribution in [2.45, 2.75) is 65.8 Å². The molecule has 4 heterocycles. The van der Waals surface area contributed by atoms with Crippen molar-refractivity contribution in [2.75, 3.05) is 12.4 Å². The van der Waals surface area contributed by atoms with Crippen molar-refractivity contribution >= 4 is 39.4 Å². The fraction of sp³-hybridized carbons (Fsp3) is 0.393. The number of anilines is 2. The summed E-state index contributed by atoms with van der Waals surface area (Å²) < 4.78 is 13.0. The van der Waals surface area contributed by atoms with E-state index in [9.17, 15) is 4.79 Å². The van der Waals surface area contributed by atoms with Crippen LogP contribution in [0.5, 0.6) is 5.75 Å². The number of methoxy groups -OCH3 is 1. The number of aromatic amines is 1. The van der Waals surface area contributed by atoms with Gasteiger partial charge in [-0.3, -0.25) is 4.79 Å². The minimum Gasteiger partial charge on any atom is -0.496 e. The number of carbonyl (C=O) groups excluding carboxylic acids is 1. The Morgan fingerprint density at radius 3 is 2.71 bits per heavy atom. The molecule has 4 aromatic heterocycles. The van der Waals surface area contributed by atoms with Crippen LogP contribution in [0.1, 0.15) is 61.5 Å². The first kappa shape index (κ1) is 24.1. The SMILES string of the molecule is CCCC(=O)Cn1nc(C2CC2)cc1Nc1nc(C)nc2[nH]c3cc(-c4c(C)noc4C)c(OC)cc3c12. The molecule has 10 heteroatoms. The molecule has 1 aliphatic rings. The average Bonchev–Trinajstić information content (AvgIpc) is 3.45. The molecular weight excluding hydrogens is 482 g/mol. The summed E-state index contributed by atoms with van der Waals surface area (Å²) in [4.78, 5) is 25.4. The second kappa shape index (κ2) is 9.27. The summed E-state index contributed by atoms with van der Waals surface area (Å²) in [7, 11) is 1.66. The molecule has 0 aliphatic heterocycles. The van der Waals surface area contributed by atoms with Gasteiger partial charge in [0.25, 0.3) is 0 Å². The molecule has 5 aromatic rings. The first-order valence-electron chi connectivity index (χ1n) is 13.0. The lowest BCUT2D eigenvalue weighted by atomic mass is 10.0. The molecule has 2 N–H and O–H groups in total. The highest BCUT2D eigenvalue weighted by atomic mass is 16.5. The van der Waals surface area contributed by atoms with E-state index < -0.39 is 0 Å². The van der Waals surface area contributed by atoms with Crippen molar-refractivity contribution < 1.29 is 14.1 Å². The summed E-state index contributed by atoms with van der Waals surface area (Å²) >= 11 is 0. The number of H-pyrrole nitrogens is 1. The van der Waals surface area contributed by atoms with Crippen LogP contribution in [0.15, 0.2) is 22.7 Å². The Kier molecular flexibility index (Phi) is 5.89. The van der Waals surface area contributed by atoms with Crippen molar-refractivity contribution in [2.24, 2.45) is 0 Å². The fourth-order valence-electron chi connectivity index (χ4n) is 5.14. The molecule has 1 fully saturated rings. The van der Waals surface area contributed by atoms with Crippen LogP contribution in [0.4, 0.5) is 11.6 Å². The molecule has 0 radical (unpaired) electrons. The number of rotatable bonds is 9. The van der Waals surface area contributed by atoms with E-state index in [1.807, 2.05) is 45.9 Å². The molecule has 38 heavy (non-hydrogen) atoms. The summed E-state index contributed by atoms with van der Waals surface area (Å²) in [5.74, 6) is 4.08. The maximum atomic E-state index is 12.5. The van der Waals surface area contributed by atoms with Crippen molar-refractivity contribution in [3.63, 3.8) is 0 Å². The minimum atomic E-state index is 0.161. The highest BCUT2D eigenvalue weighted by molar-refractivity contribution is 6.13. The molecule has 1 saturated carbocycles. The third-order valence-electron chi connectivity index (χ3n) is 7.08. The van der Waals surface area contributed by atoms with E-state index in [1.54, 1.807) is 11.8 Å². The van der Waals surface area contributed by atoms with Gasteiger partial charge in [-0.15, -0.1) is 0 Å². The number of benzene rings is 1. The molecule has 0 unspecified atom stereocenters. The fourth-order valence-corrected chi connectivity index (χ4v) is 5.14. The van der Waals surface area contributed by atoms with Crippen LogP contribution in [0.2, 0.25) is 0 Å². The molecule has 0 bridgehead atoms. The van der Waals surface area contributed by atoms with E-state index in [-0.39, 0.29) is 12.3 Å². The number of nitrogens with one attached hydrogen (secondary N) is 2. The zero-order valence-electron chi connectivity index (χ0n) is 22.3. The Labute approximate surface area is 219 Å². The van der Waals surface area contributed by atoms with Crippen molar-refractivity contribution in [1.82, 2.24) is 29.9 Å². The van der Waals surface area contributed by atoms with Crippen LogP contribution in [0.25, 0.3) is 33.1 Å². The average molecular weight is 514 g/mol. The number of carbonyl (C=O) groups is 1.